The fourth-order valence-corrected chi connectivity index (χ4v) is 1.20. The molecule has 0 atom stereocenters. The largest absolute Gasteiger partial charge is 0.433 e. The van der Waals surface area contributed by atoms with Gasteiger partial charge in [-0.1, -0.05) is 6.92 Å². The van der Waals surface area contributed by atoms with E-state index in [0.29, 0.717) is 12.4 Å². The summed E-state index contributed by atoms with van der Waals surface area (Å²) in [4.78, 5) is 9.80. The van der Waals surface area contributed by atoms with Crippen molar-refractivity contribution in [2.45, 2.75) is 13.5 Å². The van der Waals surface area contributed by atoms with Gasteiger partial charge in [-0.05, 0) is 12.6 Å². The molecule has 2 aromatic rings. The maximum Gasteiger partial charge on any atom is 0.433 e. The highest BCUT2D eigenvalue weighted by molar-refractivity contribution is 5.45. The summed E-state index contributed by atoms with van der Waals surface area (Å²) in [5, 5.41) is 21.0. The van der Waals surface area contributed by atoms with Crippen molar-refractivity contribution in [3.05, 3.63) is 28.1 Å². The van der Waals surface area contributed by atoms with E-state index in [2.05, 4.69) is 15.5 Å². The first-order chi connectivity index (χ1) is 8.20. The van der Waals surface area contributed by atoms with Gasteiger partial charge in [0.05, 0.1) is 12.6 Å². The second-order valence-corrected chi connectivity index (χ2v) is 3.18. The number of furan rings is 1. The van der Waals surface area contributed by atoms with Crippen molar-refractivity contribution < 1.29 is 13.8 Å². The molecule has 0 aliphatic carbocycles. The summed E-state index contributed by atoms with van der Waals surface area (Å²) < 4.78 is 10.2. The second-order valence-electron chi connectivity index (χ2n) is 3.18. The highest BCUT2D eigenvalue weighted by Crippen LogP contribution is 2.24. The Morgan fingerprint density at radius 1 is 1.41 bits per heavy atom. The van der Waals surface area contributed by atoms with Crippen molar-refractivity contribution in [3.8, 4) is 11.7 Å². The predicted octanol–water partition coefficient (Wildman–Crippen LogP) is 1.35. The summed E-state index contributed by atoms with van der Waals surface area (Å²) in [6, 6.07) is 2.66. The van der Waals surface area contributed by atoms with E-state index in [0.717, 1.165) is 6.54 Å². The Hall–Kier alpha value is -2.22. The molecule has 0 amide bonds. The molecular formula is C9H10N4O4. The molecule has 2 heterocycles. The van der Waals surface area contributed by atoms with E-state index in [1.165, 1.54) is 12.1 Å². The van der Waals surface area contributed by atoms with Gasteiger partial charge in [-0.25, -0.2) is 0 Å². The molecule has 2 aromatic heterocycles. The Bertz CT molecular complexity index is 519. The first-order valence-corrected chi connectivity index (χ1v) is 4.98. The van der Waals surface area contributed by atoms with Gasteiger partial charge in [0.1, 0.15) is 4.92 Å². The zero-order valence-electron chi connectivity index (χ0n) is 9.04. The first-order valence-electron chi connectivity index (χ1n) is 4.98. The van der Waals surface area contributed by atoms with E-state index >= 15 is 0 Å². The number of nitrogens with zero attached hydrogens (tertiary/aromatic N) is 3. The molecule has 17 heavy (non-hydrogen) atoms. The van der Waals surface area contributed by atoms with Crippen LogP contribution in [0.1, 0.15) is 12.8 Å². The van der Waals surface area contributed by atoms with E-state index in [-0.39, 0.29) is 17.5 Å². The maximum absolute atomic E-state index is 10.4. The van der Waals surface area contributed by atoms with E-state index in [1.54, 1.807) is 0 Å². The molecule has 8 heteroatoms. The predicted molar refractivity (Wildman–Crippen MR) is 56.0 cm³/mol. The molecule has 90 valence electrons. The van der Waals surface area contributed by atoms with Crippen LogP contribution in [0.3, 0.4) is 0 Å². The Morgan fingerprint density at radius 2 is 2.24 bits per heavy atom. The lowest BCUT2D eigenvalue weighted by Gasteiger charge is -1.93. The van der Waals surface area contributed by atoms with Crippen LogP contribution in [0.2, 0.25) is 0 Å². The van der Waals surface area contributed by atoms with Gasteiger partial charge in [0.25, 0.3) is 5.89 Å². The van der Waals surface area contributed by atoms with E-state index in [1.807, 2.05) is 6.92 Å². The van der Waals surface area contributed by atoms with Crippen LogP contribution in [0.25, 0.3) is 11.7 Å². The van der Waals surface area contributed by atoms with Gasteiger partial charge in [0, 0.05) is 0 Å². The fourth-order valence-electron chi connectivity index (χ4n) is 1.20. The summed E-state index contributed by atoms with van der Waals surface area (Å²) >= 11 is 0. The average Bonchev–Trinajstić information content (AvgIpc) is 2.94. The van der Waals surface area contributed by atoms with E-state index < -0.39 is 4.92 Å². The summed E-state index contributed by atoms with van der Waals surface area (Å²) in [6.07, 6.45) is 0. The SMILES string of the molecule is CCNCc1nnc(-c2ccc([N+](=O)[O-])o2)o1. The molecule has 2 rings (SSSR count). The monoisotopic (exact) mass is 238 g/mol. The molecule has 0 saturated carbocycles. The lowest BCUT2D eigenvalue weighted by molar-refractivity contribution is -0.401. The third kappa shape index (κ3) is 2.48. The van der Waals surface area contributed by atoms with Crippen molar-refractivity contribution >= 4 is 5.88 Å². The van der Waals surface area contributed by atoms with Gasteiger partial charge in [0.15, 0.2) is 5.76 Å². The fraction of sp³-hybridized carbons (Fsp3) is 0.333. The number of aromatic nitrogens is 2. The number of hydrogen-bond donors (Lipinski definition) is 1. The second kappa shape index (κ2) is 4.74. The van der Waals surface area contributed by atoms with Gasteiger partial charge < -0.3 is 14.2 Å². The highest BCUT2D eigenvalue weighted by Gasteiger charge is 2.17. The third-order valence-electron chi connectivity index (χ3n) is 1.98. The zero-order chi connectivity index (χ0) is 12.3. The van der Waals surface area contributed by atoms with Crippen LogP contribution in [0.15, 0.2) is 21.0 Å². The molecule has 0 aliphatic heterocycles. The number of rotatable bonds is 5. The van der Waals surface area contributed by atoms with Crippen LogP contribution < -0.4 is 5.32 Å². The lowest BCUT2D eigenvalue weighted by atomic mass is 10.4. The third-order valence-corrected chi connectivity index (χ3v) is 1.98. The Morgan fingerprint density at radius 3 is 2.88 bits per heavy atom. The summed E-state index contributed by atoms with van der Waals surface area (Å²) in [5.41, 5.74) is 0. The summed E-state index contributed by atoms with van der Waals surface area (Å²) in [7, 11) is 0. The molecule has 0 aromatic carbocycles. The van der Waals surface area contributed by atoms with Crippen molar-refractivity contribution in [2.75, 3.05) is 6.54 Å². The van der Waals surface area contributed by atoms with Crippen molar-refractivity contribution in [1.82, 2.24) is 15.5 Å². The molecule has 0 unspecified atom stereocenters. The Balaban J connectivity index is 2.15. The van der Waals surface area contributed by atoms with Gasteiger partial charge in [-0.3, -0.25) is 10.1 Å². The van der Waals surface area contributed by atoms with Gasteiger partial charge in [0.2, 0.25) is 5.89 Å². The van der Waals surface area contributed by atoms with Crippen LogP contribution in [0.5, 0.6) is 0 Å². The number of nitro groups is 1. The Labute approximate surface area is 95.8 Å². The first kappa shape index (κ1) is 11.3. The minimum atomic E-state index is -0.626. The van der Waals surface area contributed by atoms with Gasteiger partial charge in [-0.2, -0.15) is 0 Å². The quantitative estimate of drug-likeness (QED) is 0.618. The highest BCUT2D eigenvalue weighted by atomic mass is 16.6. The van der Waals surface area contributed by atoms with Crippen LogP contribution in [-0.4, -0.2) is 21.7 Å². The standard InChI is InChI=1S/C9H10N4O4/c1-2-10-5-7-11-12-9(17-7)6-3-4-8(16-6)13(14)15/h3-4,10H,2,5H2,1H3. The normalized spacial score (nSPS) is 10.6. The molecule has 1 N–H and O–H groups in total. The smallest absolute Gasteiger partial charge is 0.417 e. The molecule has 0 bridgehead atoms. The van der Waals surface area contributed by atoms with Crippen LogP contribution in [0.4, 0.5) is 5.88 Å². The summed E-state index contributed by atoms with van der Waals surface area (Å²) in [5.74, 6) is 0.366. The maximum atomic E-state index is 10.4. The summed E-state index contributed by atoms with van der Waals surface area (Å²) in [6.45, 7) is 3.18. The van der Waals surface area contributed by atoms with Crippen LogP contribution in [-0.2, 0) is 6.54 Å². The molecule has 0 fully saturated rings. The van der Waals surface area contributed by atoms with Gasteiger partial charge in [-0.15, -0.1) is 10.2 Å². The molecular weight excluding hydrogens is 228 g/mol. The number of nitrogens with one attached hydrogen (secondary N) is 1. The van der Waals surface area contributed by atoms with Crippen molar-refractivity contribution in [1.29, 1.82) is 0 Å². The molecule has 0 aliphatic rings. The average molecular weight is 238 g/mol. The number of hydrogen-bond acceptors (Lipinski definition) is 7. The topological polar surface area (TPSA) is 107 Å². The van der Waals surface area contributed by atoms with Crippen molar-refractivity contribution in [2.24, 2.45) is 0 Å². The van der Waals surface area contributed by atoms with E-state index in [4.69, 9.17) is 8.83 Å². The molecule has 0 radical (unpaired) electrons. The van der Waals surface area contributed by atoms with Crippen molar-refractivity contribution in [3.63, 3.8) is 0 Å². The van der Waals surface area contributed by atoms with E-state index in [9.17, 15) is 10.1 Å². The minimum Gasteiger partial charge on any atom is -0.417 e. The molecule has 0 spiro atoms. The molecule has 8 nitrogen and oxygen atoms in total. The van der Waals surface area contributed by atoms with Crippen LogP contribution >= 0.6 is 0 Å². The Kier molecular flexibility index (Phi) is 3.15. The van der Waals surface area contributed by atoms with Crippen LogP contribution in [0, 0.1) is 10.1 Å². The lowest BCUT2D eigenvalue weighted by Crippen LogP contribution is -2.11. The zero-order valence-corrected chi connectivity index (χ0v) is 9.04. The minimum absolute atomic E-state index is 0.131. The van der Waals surface area contributed by atoms with Gasteiger partial charge >= 0.3 is 5.88 Å². The molecule has 0 saturated heterocycles.